The lowest BCUT2D eigenvalue weighted by atomic mass is 10.1. The van der Waals surface area contributed by atoms with E-state index < -0.39 is 10.0 Å². The van der Waals surface area contributed by atoms with Crippen molar-refractivity contribution in [2.45, 2.75) is 43.5 Å². The summed E-state index contributed by atoms with van der Waals surface area (Å²) in [5, 5.41) is 5.57. The second-order valence-corrected chi connectivity index (χ2v) is 10.7. The van der Waals surface area contributed by atoms with Crippen LogP contribution < -0.4 is 15.4 Å². The molecule has 2 N–H and O–H groups in total. The van der Waals surface area contributed by atoms with Crippen LogP contribution >= 0.6 is 0 Å². The van der Waals surface area contributed by atoms with E-state index >= 15 is 0 Å². The Morgan fingerprint density at radius 1 is 1.03 bits per heavy atom. The third kappa shape index (κ3) is 6.58. The van der Waals surface area contributed by atoms with E-state index in [1.807, 2.05) is 0 Å². The molecule has 0 atom stereocenters. The van der Waals surface area contributed by atoms with Gasteiger partial charge in [-0.05, 0) is 67.3 Å². The number of amides is 2. The van der Waals surface area contributed by atoms with Crippen molar-refractivity contribution in [3.8, 4) is 5.75 Å². The average molecular weight is 526 g/mol. The van der Waals surface area contributed by atoms with E-state index in [9.17, 15) is 18.0 Å². The first kappa shape index (κ1) is 26.4. The number of carbonyl (C=O) groups is 2. The third-order valence-corrected chi connectivity index (χ3v) is 8.17. The van der Waals surface area contributed by atoms with Crippen LogP contribution in [0.5, 0.6) is 5.75 Å². The maximum Gasteiger partial charge on any atom is 0.253 e. The van der Waals surface area contributed by atoms with Crippen LogP contribution in [0.2, 0.25) is 0 Å². The number of carbonyl (C=O) groups excluding carboxylic acids is 2. The molecule has 10 heteroatoms. The molecule has 2 amide bonds. The molecule has 1 fully saturated rings. The Morgan fingerprint density at radius 3 is 2.54 bits per heavy atom. The normalized spacial score (nSPS) is 14.2. The highest BCUT2D eigenvalue weighted by Gasteiger charge is 2.26. The Balaban J connectivity index is 1.42. The van der Waals surface area contributed by atoms with Crippen LogP contribution in [-0.4, -0.2) is 44.7 Å². The van der Waals surface area contributed by atoms with Crippen LogP contribution in [0, 0.1) is 0 Å². The van der Waals surface area contributed by atoms with Crippen LogP contribution in [0.1, 0.15) is 47.4 Å². The Hall–Kier alpha value is -3.63. The van der Waals surface area contributed by atoms with Gasteiger partial charge in [0.2, 0.25) is 15.9 Å². The van der Waals surface area contributed by atoms with Crippen molar-refractivity contribution >= 4 is 27.5 Å². The monoisotopic (exact) mass is 525 g/mol. The first-order valence-electron chi connectivity index (χ1n) is 12.2. The van der Waals surface area contributed by atoms with Crippen molar-refractivity contribution in [1.82, 2.24) is 9.62 Å². The fraction of sp³-hybridized carbons (Fsp3) is 0.333. The van der Waals surface area contributed by atoms with Crippen molar-refractivity contribution in [3.63, 3.8) is 0 Å². The van der Waals surface area contributed by atoms with Crippen molar-refractivity contribution in [3.05, 3.63) is 77.7 Å². The minimum Gasteiger partial charge on any atom is -0.496 e. The van der Waals surface area contributed by atoms with Gasteiger partial charge in [-0.15, -0.1) is 0 Å². The van der Waals surface area contributed by atoms with Crippen LogP contribution in [0.25, 0.3) is 0 Å². The molecule has 0 radical (unpaired) electrons. The summed E-state index contributed by atoms with van der Waals surface area (Å²) in [7, 11) is -2.10. The molecule has 1 aromatic heterocycles. The Bertz CT molecular complexity index is 1330. The predicted octanol–water partition coefficient (Wildman–Crippen LogP) is 3.96. The minimum atomic E-state index is -3.61. The first-order chi connectivity index (χ1) is 17.9. The maximum atomic E-state index is 13.1. The molecule has 3 aromatic rings. The number of hydrogen-bond donors (Lipinski definition) is 2. The molecular weight excluding hydrogens is 494 g/mol. The second kappa shape index (κ2) is 12.1. The number of para-hydroxylation sites is 1. The maximum absolute atomic E-state index is 13.1. The molecule has 0 bridgehead atoms. The Kier molecular flexibility index (Phi) is 8.62. The standard InChI is InChI=1S/C27H31N3O6S/c1-35-25-13-12-22(37(33,34)30-15-5-2-6-16-30)18-20(25)11-14-26(31)29-24-10-4-3-9-23(24)27(32)28-19-21-8-7-17-36-21/h3-4,7-10,12-13,17-18H,2,5-6,11,14-16,19H2,1H3,(H,28,32)(H,29,31). The second-order valence-electron chi connectivity index (χ2n) is 8.79. The van der Waals surface area contributed by atoms with Crippen LogP contribution in [0.15, 0.2) is 70.2 Å². The number of nitrogens with zero attached hydrogens (tertiary/aromatic N) is 1. The van der Waals surface area contributed by atoms with Gasteiger partial charge in [0, 0.05) is 19.5 Å². The number of benzene rings is 2. The van der Waals surface area contributed by atoms with Gasteiger partial charge in [0.05, 0.1) is 36.1 Å². The molecule has 2 heterocycles. The van der Waals surface area contributed by atoms with Crippen molar-refractivity contribution in [1.29, 1.82) is 0 Å². The summed E-state index contributed by atoms with van der Waals surface area (Å²) in [4.78, 5) is 25.7. The fourth-order valence-corrected chi connectivity index (χ4v) is 5.86. The van der Waals surface area contributed by atoms with Gasteiger partial charge in [-0.1, -0.05) is 18.6 Å². The molecule has 4 rings (SSSR count). The number of piperidine rings is 1. The quantitative estimate of drug-likeness (QED) is 0.414. The summed E-state index contributed by atoms with van der Waals surface area (Å²) < 4.78 is 38.4. The summed E-state index contributed by atoms with van der Waals surface area (Å²) in [5.41, 5.74) is 1.34. The van der Waals surface area contributed by atoms with E-state index in [4.69, 9.17) is 9.15 Å². The molecule has 1 aliphatic rings. The number of rotatable bonds is 10. The van der Waals surface area contributed by atoms with Gasteiger partial charge in [-0.25, -0.2) is 8.42 Å². The van der Waals surface area contributed by atoms with Gasteiger partial charge >= 0.3 is 0 Å². The highest BCUT2D eigenvalue weighted by Crippen LogP contribution is 2.27. The SMILES string of the molecule is COc1ccc(S(=O)(=O)N2CCCCC2)cc1CCC(=O)Nc1ccccc1C(=O)NCc1ccco1. The number of ether oxygens (including phenoxy) is 1. The lowest BCUT2D eigenvalue weighted by Crippen LogP contribution is -2.35. The van der Waals surface area contributed by atoms with E-state index in [0.29, 0.717) is 41.4 Å². The van der Waals surface area contributed by atoms with Crippen LogP contribution in [0.4, 0.5) is 5.69 Å². The van der Waals surface area contributed by atoms with E-state index in [2.05, 4.69) is 10.6 Å². The lowest BCUT2D eigenvalue weighted by Gasteiger charge is -2.26. The van der Waals surface area contributed by atoms with Gasteiger partial charge in [-0.3, -0.25) is 9.59 Å². The number of methoxy groups -OCH3 is 1. The molecule has 0 spiro atoms. The molecule has 9 nitrogen and oxygen atoms in total. The highest BCUT2D eigenvalue weighted by atomic mass is 32.2. The number of furan rings is 1. The molecule has 196 valence electrons. The van der Waals surface area contributed by atoms with Crippen molar-refractivity contribution in [2.75, 3.05) is 25.5 Å². The predicted molar refractivity (Wildman–Crippen MR) is 139 cm³/mol. The Labute approximate surface area is 216 Å². The summed E-state index contributed by atoms with van der Waals surface area (Å²) in [5.74, 6) is 0.485. The highest BCUT2D eigenvalue weighted by molar-refractivity contribution is 7.89. The lowest BCUT2D eigenvalue weighted by molar-refractivity contribution is -0.116. The van der Waals surface area contributed by atoms with Gasteiger partial charge in [0.1, 0.15) is 11.5 Å². The van der Waals surface area contributed by atoms with Crippen molar-refractivity contribution in [2.24, 2.45) is 0 Å². The number of nitrogens with one attached hydrogen (secondary N) is 2. The number of anilines is 1. The van der Waals surface area contributed by atoms with Crippen LogP contribution in [0.3, 0.4) is 0 Å². The molecule has 0 unspecified atom stereocenters. The zero-order chi connectivity index (χ0) is 26.3. The molecule has 0 saturated carbocycles. The summed E-state index contributed by atoms with van der Waals surface area (Å²) >= 11 is 0. The molecule has 0 aliphatic carbocycles. The smallest absolute Gasteiger partial charge is 0.253 e. The van der Waals surface area contributed by atoms with Gasteiger partial charge in [0.15, 0.2) is 0 Å². The first-order valence-corrected chi connectivity index (χ1v) is 13.7. The summed E-state index contributed by atoms with van der Waals surface area (Å²) in [6.07, 6.45) is 4.61. The van der Waals surface area contributed by atoms with E-state index in [0.717, 1.165) is 19.3 Å². The van der Waals surface area contributed by atoms with Gasteiger partial charge in [-0.2, -0.15) is 4.31 Å². The molecular formula is C27H31N3O6S. The summed E-state index contributed by atoms with van der Waals surface area (Å²) in [6, 6.07) is 15.0. The van der Waals surface area contributed by atoms with Gasteiger partial charge in [0.25, 0.3) is 5.91 Å². The number of sulfonamides is 1. The zero-order valence-electron chi connectivity index (χ0n) is 20.7. The number of aryl methyl sites for hydroxylation is 1. The largest absolute Gasteiger partial charge is 0.496 e. The molecule has 1 aliphatic heterocycles. The third-order valence-electron chi connectivity index (χ3n) is 6.28. The van der Waals surface area contributed by atoms with E-state index in [-0.39, 0.29) is 36.1 Å². The van der Waals surface area contributed by atoms with E-state index in [1.54, 1.807) is 54.6 Å². The fourth-order valence-electron chi connectivity index (χ4n) is 4.29. The zero-order valence-corrected chi connectivity index (χ0v) is 21.6. The van der Waals surface area contributed by atoms with E-state index in [1.165, 1.54) is 17.7 Å². The molecule has 1 saturated heterocycles. The van der Waals surface area contributed by atoms with Gasteiger partial charge < -0.3 is 19.8 Å². The Morgan fingerprint density at radius 2 is 1.81 bits per heavy atom. The average Bonchev–Trinajstić information content (AvgIpc) is 3.45. The molecule has 2 aromatic carbocycles. The molecule has 37 heavy (non-hydrogen) atoms. The van der Waals surface area contributed by atoms with Crippen molar-refractivity contribution < 1.29 is 27.2 Å². The van der Waals surface area contributed by atoms with Crippen LogP contribution in [-0.2, 0) is 27.8 Å². The number of hydrogen-bond acceptors (Lipinski definition) is 6. The minimum absolute atomic E-state index is 0.0753. The summed E-state index contributed by atoms with van der Waals surface area (Å²) in [6.45, 7) is 1.26. The topological polar surface area (TPSA) is 118 Å².